The van der Waals surface area contributed by atoms with Crippen LogP contribution in [-0.2, 0) is 0 Å². The molecule has 32 heavy (non-hydrogen) atoms. The Hall–Kier alpha value is -4.28. The van der Waals surface area contributed by atoms with Crippen LogP contribution in [-0.4, -0.2) is 5.91 Å². The number of nitrogens with two attached hydrogens (primary N) is 1. The Morgan fingerprint density at radius 2 is 1.56 bits per heavy atom. The van der Waals surface area contributed by atoms with Crippen molar-refractivity contribution in [3.63, 3.8) is 0 Å². The van der Waals surface area contributed by atoms with E-state index in [-0.39, 0.29) is 22.0 Å². The molecule has 0 radical (unpaired) electrons. The number of para-hydroxylation sites is 1. The van der Waals surface area contributed by atoms with Crippen molar-refractivity contribution in [1.29, 1.82) is 5.26 Å². The molecule has 1 heterocycles. The highest BCUT2D eigenvalue weighted by Crippen LogP contribution is 2.37. The number of ether oxygens (including phenoxy) is 1. The van der Waals surface area contributed by atoms with Gasteiger partial charge in [0.15, 0.2) is 0 Å². The van der Waals surface area contributed by atoms with Crippen molar-refractivity contribution < 1.29 is 9.53 Å². The number of hydrogen-bond donors (Lipinski definition) is 3. The van der Waals surface area contributed by atoms with Gasteiger partial charge >= 0.3 is 0 Å². The maximum atomic E-state index is 12.8. The number of rotatable bonds is 6. The summed E-state index contributed by atoms with van der Waals surface area (Å²) in [5.41, 5.74) is 9.08. The third kappa shape index (κ3) is 4.72. The standard InChI is InChI=1S/C25H20N4O2S/c1-16-7-9-18(10-8-16)29-25-21(15-26)22(27)23(32-25)24(30)28-17-11-13-20(14-12-17)31-19-5-3-2-4-6-19/h2-14,29H,27H2,1H3,(H,28,30). The zero-order valence-corrected chi connectivity index (χ0v) is 18.1. The lowest BCUT2D eigenvalue weighted by molar-refractivity contribution is 0.103. The average Bonchev–Trinajstić information content (AvgIpc) is 3.12. The molecule has 1 amide bonds. The van der Waals surface area contributed by atoms with Crippen LogP contribution in [0.25, 0.3) is 0 Å². The molecule has 6 nitrogen and oxygen atoms in total. The predicted molar refractivity (Wildman–Crippen MR) is 129 cm³/mol. The van der Waals surface area contributed by atoms with Crippen LogP contribution in [0.3, 0.4) is 0 Å². The van der Waals surface area contributed by atoms with Crippen molar-refractivity contribution in [3.8, 4) is 17.6 Å². The maximum absolute atomic E-state index is 12.8. The van der Waals surface area contributed by atoms with Gasteiger partial charge in [-0.1, -0.05) is 35.9 Å². The van der Waals surface area contributed by atoms with E-state index in [1.54, 1.807) is 24.3 Å². The van der Waals surface area contributed by atoms with Gasteiger partial charge in [-0.15, -0.1) is 11.3 Å². The van der Waals surface area contributed by atoms with E-state index in [0.717, 1.165) is 28.3 Å². The summed E-state index contributed by atoms with van der Waals surface area (Å²) in [6.45, 7) is 2.00. The highest BCUT2D eigenvalue weighted by molar-refractivity contribution is 7.19. The molecule has 0 aliphatic heterocycles. The molecule has 0 saturated heterocycles. The largest absolute Gasteiger partial charge is 0.457 e. The second-order valence-corrected chi connectivity index (χ2v) is 8.07. The third-order valence-electron chi connectivity index (χ3n) is 4.66. The fourth-order valence-corrected chi connectivity index (χ4v) is 3.98. The zero-order valence-electron chi connectivity index (χ0n) is 17.3. The van der Waals surface area contributed by atoms with Gasteiger partial charge in [-0.3, -0.25) is 4.79 Å². The fourth-order valence-electron chi connectivity index (χ4n) is 3.00. The van der Waals surface area contributed by atoms with Crippen LogP contribution in [0.1, 0.15) is 20.8 Å². The summed E-state index contributed by atoms with van der Waals surface area (Å²) in [7, 11) is 0. The van der Waals surface area contributed by atoms with Crippen LogP contribution in [0.5, 0.6) is 11.5 Å². The van der Waals surface area contributed by atoms with Gasteiger partial charge in [0, 0.05) is 11.4 Å². The van der Waals surface area contributed by atoms with E-state index >= 15 is 0 Å². The van der Waals surface area contributed by atoms with Crippen molar-refractivity contribution in [2.75, 3.05) is 16.4 Å². The minimum atomic E-state index is -0.377. The Balaban J connectivity index is 1.49. The van der Waals surface area contributed by atoms with E-state index in [1.807, 2.05) is 61.5 Å². The summed E-state index contributed by atoms with van der Waals surface area (Å²) in [6, 6.07) is 26.3. The summed E-state index contributed by atoms with van der Waals surface area (Å²) in [6.07, 6.45) is 0. The zero-order chi connectivity index (χ0) is 22.5. The van der Waals surface area contributed by atoms with Gasteiger partial charge < -0.3 is 21.1 Å². The summed E-state index contributed by atoms with van der Waals surface area (Å²) in [5.74, 6) is 1.01. The molecule has 1 aromatic heterocycles. The minimum absolute atomic E-state index is 0.161. The molecule has 0 fully saturated rings. The molecule has 4 N–H and O–H groups in total. The SMILES string of the molecule is Cc1ccc(Nc2sc(C(=O)Nc3ccc(Oc4ccccc4)cc3)c(N)c2C#N)cc1. The number of benzene rings is 3. The molecule has 0 atom stereocenters. The lowest BCUT2D eigenvalue weighted by atomic mass is 10.2. The van der Waals surface area contributed by atoms with Gasteiger partial charge in [0.1, 0.15) is 33.0 Å². The van der Waals surface area contributed by atoms with Crippen LogP contribution in [0.4, 0.5) is 22.1 Å². The highest BCUT2D eigenvalue weighted by atomic mass is 32.1. The van der Waals surface area contributed by atoms with Crippen molar-refractivity contribution in [1.82, 2.24) is 0 Å². The Morgan fingerprint density at radius 1 is 0.938 bits per heavy atom. The number of anilines is 4. The number of amides is 1. The molecule has 4 rings (SSSR count). The Kier molecular flexibility index (Phi) is 6.06. The van der Waals surface area contributed by atoms with Crippen molar-refractivity contribution in [2.24, 2.45) is 0 Å². The molecule has 0 saturated carbocycles. The number of nitrogen functional groups attached to an aromatic ring is 1. The molecule has 7 heteroatoms. The number of thiophene rings is 1. The highest BCUT2D eigenvalue weighted by Gasteiger charge is 2.21. The molecule has 3 aromatic carbocycles. The normalized spacial score (nSPS) is 10.2. The third-order valence-corrected chi connectivity index (χ3v) is 5.78. The van der Waals surface area contributed by atoms with Gasteiger partial charge in [-0.25, -0.2) is 0 Å². The van der Waals surface area contributed by atoms with E-state index in [9.17, 15) is 10.1 Å². The fraction of sp³-hybridized carbons (Fsp3) is 0.0400. The lowest BCUT2D eigenvalue weighted by Gasteiger charge is -2.08. The molecule has 0 unspecified atom stereocenters. The van der Waals surface area contributed by atoms with Crippen LogP contribution in [0, 0.1) is 18.3 Å². The Bertz CT molecular complexity index is 1270. The van der Waals surface area contributed by atoms with Crippen molar-refractivity contribution in [2.45, 2.75) is 6.92 Å². The van der Waals surface area contributed by atoms with Crippen LogP contribution in [0.15, 0.2) is 78.9 Å². The summed E-state index contributed by atoms with van der Waals surface area (Å²) in [4.78, 5) is 13.1. The lowest BCUT2D eigenvalue weighted by Crippen LogP contribution is -2.12. The first-order chi connectivity index (χ1) is 15.5. The smallest absolute Gasteiger partial charge is 0.267 e. The van der Waals surface area contributed by atoms with Gasteiger partial charge in [-0.2, -0.15) is 5.26 Å². The quantitative estimate of drug-likeness (QED) is 0.327. The topological polar surface area (TPSA) is 100 Å². The number of carbonyl (C=O) groups is 1. The van der Waals surface area contributed by atoms with E-state index < -0.39 is 0 Å². The van der Waals surface area contributed by atoms with Gasteiger partial charge in [0.05, 0.1) is 5.69 Å². The molecular weight excluding hydrogens is 420 g/mol. The molecule has 0 spiro atoms. The van der Waals surface area contributed by atoms with Gasteiger partial charge in [-0.05, 0) is 55.5 Å². The summed E-state index contributed by atoms with van der Waals surface area (Å²) in [5, 5.41) is 16.1. The van der Waals surface area contributed by atoms with Crippen LogP contribution >= 0.6 is 11.3 Å². The van der Waals surface area contributed by atoms with Crippen molar-refractivity contribution in [3.05, 3.63) is 94.9 Å². The number of nitrogens with zero attached hydrogens (tertiary/aromatic N) is 1. The monoisotopic (exact) mass is 440 g/mol. The maximum Gasteiger partial charge on any atom is 0.267 e. The van der Waals surface area contributed by atoms with E-state index in [4.69, 9.17) is 10.5 Å². The number of nitrogens with one attached hydrogen (secondary N) is 2. The van der Waals surface area contributed by atoms with Crippen LogP contribution in [0.2, 0.25) is 0 Å². The first-order valence-electron chi connectivity index (χ1n) is 9.84. The second kappa shape index (κ2) is 9.25. The number of carbonyl (C=O) groups excluding carboxylic acids is 1. The van der Waals surface area contributed by atoms with Gasteiger partial charge in [0.2, 0.25) is 0 Å². The Morgan fingerprint density at radius 3 is 2.22 bits per heavy atom. The molecule has 158 valence electrons. The molecular formula is C25H20N4O2S. The minimum Gasteiger partial charge on any atom is -0.457 e. The van der Waals surface area contributed by atoms with Crippen molar-refractivity contribution >= 4 is 39.3 Å². The summed E-state index contributed by atoms with van der Waals surface area (Å²) < 4.78 is 5.76. The first kappa shape index (κ1) is 21.0. The number of hydrogen-bond acceptors (Lipinski definition) is 6. The number of nitriles is 1. The molecule has 0 aliphatic rings. The van der Waals surface area contributed by atoms with E-state index in [1.165, 1.54) is 0 Å². The predicted octanol–water partition coefficient (Wildman–Crippen LogP) is 6.30. The van der Waals surface area contributed by atoms with Gasteiger partial charge in [0.25, 0.3) is 5.91 Å². The Labute approximate surface area is 189 Å². The second-order valence-electron chi connectivity index (χ2n) is 7.05. The van der Waals surface area contributed by atoms with E-state index in [0.29, 0.717) is 16.4 Å². The molecule has 4 aromatic rings. The molecule has 0 bridgehead atoms. The number of aryl methyl sites for hydroxylation is 1. The molecule has 0 aliphatic carbocycles. The average molecular weight is 441 g/mol. The summed E-state index contributed by atoms with van der Waals surface area (Å²) >= 11 is 1.15. The first-order valence-corrected chi connectivity index (χ1v) is 10.7. The van der Waals surface area contributed by atoms with Crippen LogP contribution < -0.4 is 21.1 Å². The van der Waals surface area contributed by atoms with E-state index in [2.05, 4.69) is 16.7 Å².